The highest BCUT2D eigenvalue weighted by Gasteiger charge is 2.27. The molecule has 8 heteroatoms. The predicted molar refractivity (Wildman–Crippen MR) is 104 cm³/mol. The molecule has 8 nitrogen and oxygen atoms in total. The Balaban J connectivity index is 4.46. The fourth-order valence-corrected chi connectivity index (χ4v) is 2.54. The molecule has 158 valence electrons. The molecule has 3 N–H and O–H groups in total. The van der Waals surface area contributed by atoms with E-state index >= 15 is 0 Å². The number of nitrogens with one attached hydrogen (secondary N) is 3. The van der Waals surface area contributed by atoms with Crippen molar-refractivity contribution in [2.75, 3.05) is 20.7 Å². The molecular weight excluding hydrogens is 350 g/mol. The third kappa shape index (κ3) is 10.8. The van der Waals surface area contributed by atoms with Crippen LogP contribution in [0.4, 0.5) is 4.79 Å². The monoisotopic (exact) mass is 387 g/mol. The summed E-state index contributed by atoms with van der Waals surface area (Å²) >= 11 is 0. The summed E-state index contributed by atoms with van der Waals surface area (Å²) in [5, 5.41) is 8.45. The van der Waals surface area contributed by atoms with Gasteiger partial charge in [-0.05, 0) is 53.0 Å². The lowest BCUT2D eigenvalue weighted by molar-refractivity contribution is -0.145. The molecular formula is C19H37N3O5. The maximum absolute atomic E-state index is 12.5. The summed E-state index contributed by atoms with van der Waals surface area (Å²) in [5.41, 5.74) is -0.538. The molecule has 0 rings (SSSR count). The van der Waals surface area contributed by atoms with Crippen LogP contribution in [0.15, 0.2) is 0 Å². The van der Waals surface area contributed by atoms with Crippen LogP contribution in [0.3, 0.4) is 0 Å². The van der Waals surface area contributed by atoms with Gasteiger partial charge in [-0.3, -0.25) is 4.79 Å². The van der Waals surface area contributed by atoms with Gasteiger partial charge in [-0.2, -0.15) is 0 Å². The van der Waals surface area contributed by atoms with Crippen LogP contribution in [0.5, 0.6) is 0 Å². The predicted octanol–water partition coefficient (Wildman–Crippen LogP) is 1.97. The molecule has 0 aromatic heterocycles. The van der Waals surface area contributed by atoms with Gasteiger partial charge in [-0.1, -0.05) is 20.3 Å². The van der Waals surface area contributed by atoms with Gasteiger partial charge in [0.2, 0.25) is 5.91 Å². The Bertz CT molecular complexity index is 476. The van der Waals surface area contributed by atoms with Gasteiger partial charge < -0.3 is 25.4 Å². The molecule has 0 spiro atoms. The fraction of sp³-hybridized carbons (Fsp3) is 0.842. The van der Waals surface area contributed by atoms with Gasteiger partial charge in [-0.15, -0.1) is 0 Å². The van der Waals surface area contributed by atoms with E-state index in [0.717, 1.165) is 6.42 Å². The van der Waals surface area contributed by atoms with Crippen LogP contribution >= 0.6 is 0 Å². The Morgan fingerprint density at radius 1 is 1.11 bits per heavy atom. The topological polar surface area (TPSA) is 106 Å². The number of alkyl carbamates (subject to hydrolysis) is 1. The van der Waals surface area contributed by atoms with Crippen LogP contribution in [-0.2, 0) is 19.1 Å². The van der Waals surface area contributed by atoms with Crippen molar-refractivity contribution < 1.29 is 23.9 Å². The number of unbranched alkanes of at least 4 members (excludes halogenated alkanes) is 1. The molecule has 0 unspecified atom stereocenters. The summed E-state index contributed by atoms with van der Waals surface area (Å²) in [5.74, 6) is -0.539. The molecule has 0 saturated heterocycles. The summed E-state index contributed by atoms with van der Waals surface area (Å²) in [6, 6.07) is -1.07. The number of likely N-dealkylation sites (N-methyl/N-ethyl adjacent to an activating group) is 1. The summed E-state index contributed by atoms with van der Waals surface area (Å²) in [7, 11) is 3.03. The Morgan fingerprint density at radius 3 is 2.22 bits per heavy atom. The number of rotatable bonds is 11. The van der Waals surface area contributed by atoms with Gasteiger partial charge in [0.05, 0.1) is 13.2 Å². The lowest BCUT2D eigenvalue weighted by Gasteiger charge is -2.24. The van der Waals surface area contributed by atoms with E-state index in [4.69, 9.17) is 9.47 Å². The van der Waals surface area contributed by atoms with E-state index < -0.39 is 23.7 Å². The number of carbonyl (C=O) groups excluding carboxylic acids is 3. The van der Waals surface area contributed by atoms with E-state index in [-0.39, 0.29) is 17.9 Å². The first-order valence-corrected chi connectivity index (χ1v) is 9.58. The van der Waals surface area contributed by atoms with Gasteiger partial charge in [0.15, 0.2) is 0 Å². The van der Waals surface area contributed by atoms with Crippen molar-refractivity contribution in [2.45, 2.75) is 78.0 Å². The zero-order valence-electron chi connectivity index (χ0n) is 17.8. The highest BCUT2D eigenvalue weighted by molar-refractivity contribution is 5.87. The summed E-state index contributed by atoms with van der Waals surface area (Å²) in [6.45, 7) is 9.83. The molecule has 0 aromatic carbocycles. The zero-order chi connectivity index (χ0) is 21.0. The summed E-state index contributed by atoms with van der Waals surface area (Å²) in [6.07, 6.45) is 2.11. The van der Waals surface area contributed by atoms with Crippen LogP contribution in [0.1, 0.15) is 60.3 Å². The minimum Gasteiger partial charge on any atom is -0.467 e. The van der Waals surface area contributed by atoms with Crippen molar-refractivity contribution in [1.29, 1.82) is 0 Å². The second kappa shape index (κ2) is 12.5. The largest absolute Gasteiger partial charge is 0.467 e. The standard InChI is InChI=1S/C19H37N3O5/c1-8-13(2)15(20-6)16(23)22-14(17(24)26-7)11-9-10-12-21-18(25)27-19(3,4)5/h13-15,20H,8-12H2,1-7H3,(H,21,25)(H,22,23)/t13-,14-,15-/m0/s1. The first-order valence-electron chi connectivity index (χ1n) is 9.58. The molecule has 0 bridgehead atoms. The zero-order valence-corrected chi connectivity index (χ0v) is 17.8. The number of esters is 1. The minimum atomic E-state index is -0.705. The highest BCUT2D eigenvalue weighted by Crippen LogP contribution is 2.10. The van der Waals surface area contributed by atoms with Gasteiger partial charge in [0.25, 0.3) is 0 Å². The molecule has 0 saturated carbocycles. The second-order valence-corrected chi connectivity index (χ2v) is 7.66. The van der Waals surface area contributed by atoms with E-state index in [1.54, 1.807) is 27.8 Å². The lowest BCUT2D eigenvalue weighted by atomic mass is 9.98. The van der Waals surface area contributed by atoms with E-state index in [0.29, 0.717) is 25.8 Å². The van der Waals surface area contributed by atoms with Gasteiger partial charge >= 0.3 is 12.1 Å². The Kier molecular flexibility index (Phi) is 11.7. The molecule has 0 aliphatic rings. The normalized spacial score (nSPS) is 14.6. The average molecular weight is 388 g/mol. The first kappa shape index (κ1) is 25.2. The summed E-state index contributed by atoms with van der Waals surface area (Å²) < 4.78 is 9.96. The number of hydrogen-bond donors (Lipinski definition) is 3. The van der Waals surface area contributed by atoms with Gasteiger partial charge in [-0.25, -0.2) is 9.59 Å². The van der Waals surface area contributed by atoms with Gasteiger partial charge in [0.1, 0.15) is 11.6 Å². The highest BCUT2D eigenvalue weighted by atomic mass is 16.6. The van der Waals surface area contributed by atoms with Crippen LogP contribution in [0, 0.1) is 5.92 Å². The van der Waals surface area contributed by atoms with Crippen molar-refractivity contribution in [1.82, 2.24) is 16.0 Å². The molecule has 0 fully saturated rings. The Morgan fingerprint density at radius 2 is 1.74 bits per heavy atom. The molecule has 0 aliphatic carbocycles. The number of ether oxygens (including phenoxy) is 2. The van der Waals surface area contributed by atoms with Crippen LogP contribution < -0.4 is 16.0 Å². The number of methoxy groups -OCH3 is 1. The molecule has 0 heterocycles. The van der Waals surface area contributed by atoms with Crippen molar-refractivity contribution in [3.63, 3.8) is 0 Å². The first-order chi connectivity index (χ1) is 12.6. The third-order valence-electron chi connectivity index (χ3n) is 4.20. The van der Waals surface area contributed by atoms with Crippen LogP contribution in [-0.4, -0.2) is 56.4 Å². The van der Waals surface area contributed by atoms with Crippen molar-refractivity contribution in [2.24, 2.45) is 5.92 Å². The number of hydrogen-bond acceptors (Lipinski definition) is 6. The Labute approximate surface area is 163 Å². The van der Waals surface area contributed by atoms with E-state index in [1.165, 1.54) is 7.11 Å². The maximum atomic E-state index is 12.5. The quantitative estimate of drug-likeness (QED) is 0.370. The van der Waals surface area contributed by atoms with E-state index in [1.807, 2.05) is 13.8 Å². The number of carbonyl (C=O) groups is 3. The van der Waals surface area contributed by atoms with E-state index in [9.17, 15) is 14.4 Å². The van der Waals surface area contributed by atoms with Crippen molar-refractivity contribution in [3.8, 4) is 0 Å². The number of amides is 2. The van der Waals surface area contributed by atoms with Crippen LogP contribution in [0.25, 0.3) is 0 Å². The molecule has 0 aliphatic heterocycles. The fourth-order valence-electron chi connectivity index (χ4n) is 2.54. The van der Waals surface area contributed by atoms with Crippen LogP contribution in [0.2, 0.25) is 0 Å². The average Bonchev–Trinajstić information content (AvgIpc) is 2.58. The molecule has 27 heavy (non-hydrogen) atoms. The lowest BCUT2D eigenvalue weighted by Crippen LogP contribution is -2.52. The molecule has 0 aromatic rings. The van der Waals surface area contributed by atoms with Crippen molar-refractivity contribution >= 4 is 18.0 Å². The third-order valence-corrected chi connectivity index (χ3v) is 4.20. The molecule has 0 radical (unpaired) electrons. The van der Waals surface area contributed by atoms with Crippen molar-refractivity contribution in [3.05, 3.63) is 0 Å². The smallest absolute Gasteiger partial charge is 0.407 e. The minimum absolute atomic E-state index is 0.145. The second-order valence-electron chi connectivity index (χ2n) is 7.66. The van der Waals surface area contributed by atoms with Gasteiger partial charge in [0, 0.05) is 6.54 Å². The Hall–Kier alpha value is -1.83. The van der Waals surface area contributed by atoms with E-state index in [2.05, 4.69) is 16.0 Å². The summed E-state index contributed by atoms with van der Waals surface area (Å²) in [4.78, 5) is 36.0. The molecule has 3 atom stereocenters. The SMILES string of the molecule is CC[C@H](C)[C@H](NC)C(=O)N[C@@H](CCCCNC(=O)OC(C)(C)C)C(=O)OC. The maximum Gasteiger partial charge on any atom is 0.407 e. The molecule has 2 amide bonds.